The second kappa shape index (κ2) is 8.46. The number of carbonyl (C=O) groups is 3. The number of halogens is 2. The first-order valence-corrected chi connectivity index (χ1v) is 8.13. The molecule has 0 radical (unpaired) electrons. The third-order valence-electron chi connectivity index (χ3n) is 4.09. The molecule has 1 heterocycles. The van der Waals surface area contributed by atoms with Gasteiger partial charge in [-0.05, 0) is 31.5 Å². The van der Waals surface area contributed by atoms with Crippen molar-refractivity contribution in [3.8, 4) is 5.69 Å². The summed E-state index contributed by atoms with van der Waals surface area (Å²) in [5.41, 5.74) is -0.914. The van der Waals surface area contributed by atoms with Crippen molar-refractivity contribution in [3.05, 3.63) is 71.6 Å². The summed E-state index contributed by atoms with van der Waals surface area (Å²) in [4.78, 5) is 32.1. The Morgan fingerprint density at radius 3 is 2.31 bits per heavy atom. The molecule has 29 heavy (non-hydrogen) atoms. The van der Waals surface area contributed by atoms with Gasteiger partial charge in [0.2, 0.25) is 0 Å². The molecule has 0 aliphatic heterocycles. The number of aromatic carboxylic acids is 1. The molecule has 1 aliphatic rings. The van der Waals surface area contributed by atoms with Crippen LogP contribution in [0.25, 0.3) is 5.69 Å². The fourth-order valence-corrected chi connectivity index (χ4v) is 2.47. The predicted molar refractivity (Wildman–Crippen MR) is 95.7 cm³/mol. The topological polar surface area (TPSA) is 130 Å². The van der Waals surface area contributed by atoms with E-state index in [1.165, 1.54) is 43.5 Å². The Kier molecular flexibility index (Phi) is 6.27. The van der Waals surface area contributed by atoms with Crippen LogP contribution in [-0.4, -0.2) is 43.0 Å². The predicted octanol–water partition coefficient (Wildman–Crippen LogP) is 2.90. The van der Waals surface area contributed by atoms with Crippen LogP contribution < -0.4 is 0 Å². The van der Waals surface area contributed by atoms with E-state index in [0.29, 0.717) is 0 Å². The van der Waals surface area contributed by atoms with Gasteiger partial charge in [0.1, 0.15) is 0 Å². The van der Waals surface area contributed by atoms with Crippen LogP contribution in [0.2, 0.25) is 0 Å². The van der Waals surface area contributed by atoms with Gasteiger partial charge in [-0.2, -0.15) is 5.10 Å². The largest absolute Gasteiger partial charge is 0.481 e. The number of allylic oxidation sites excluding steroid dienone is 2. The van der Waals surface area contributed by atoms with E-state index in [4.69, 9.17) is 15.3 Å². The Hall–Kier alpha value is -3.82. The molecule has 152 valence electrons. The van der Waals surface area contributed by atoms with Crippen molar-refractivity contribution in [2.75, 3.05) is 0 Å². The summed E-state index contributed by atoms with van der Waals surface area (Å²) in [6.45, 7) is 1.50. The molecule has 1 atom stereocenters. The highest BCUT2D eigenvalue weighted by molar-refractivity contribution is 5.90. The maximum atomic E-state index is 12.9. The summed E-state index contributed by atoms with van der Waals surface area (Å²) in [6.07, 6.45) is 5.70. The average molecular weight is 406 g/mol. The first-order chi connectivity index (χ1) is 13.5. The number of rotatable bonds is 4. The van der Waals surface area contributed by atoms with Crippen molar-refractivity contribution < 1.29 is 38.5 Å². The molecule has 2 aromatic rings. The number of hydrogen-bond acceptors (Lipinski definition) is 4. The van der Waals surface area contributed by atoms with Gasteiger partial charge in [-0.15, -0.1) is 0 Å². The number of nitrogens with zero attached hydrogens (tertiary/aromatic N) is 2. The van der Waals surface area contributed by atoms with Gasteiger partial charge in [-0.1, -0.05) is 18.2 Å². The van der Waals surface area contributed by atoms with E-state index in [2.05, 4.69) is 5.10 Å². The molecule has 3 N–H and O–H groups in total. The molecule has 0 fully saturated rings. The lowest BCUT2D eigenvalue weighted by atomic mass is 9.80. The monoisotopic (exact) mass is 406 g/mol. The minimum absolute atomic E-state index is 0.0359. The lowest BCUT2D eigenvalue weighted by Crippen LogP contribution is -2.28. The smallest absolute Gasteiger partial charge is 0.354 e. The number of carboxylic acid groups (broad SMARTS) is 3. The average Bonchev–Trinajstić information content (AvgIpc) is 3.14. The Morgan fingerprint density at radius 1 is 1.07 bits per heavy atom. The lowest BCUT2D eigenvalue weighted by molar-refractivity contribution is -0.145. The van der Waals surface area contributed by atoms with Gasteiger partial charge in [0, 0.05) is 11.6 Å². The van der Waals surface area contributed by atoms with E-state index in [1.54, 1.807) is 0 Å². The van der Waals surface area contributed by atoms with Gasteiger partial charge in [0.15, 0.2) is 17.3 Å². The third kappa shape index (κ3) is 4.92. The molecule has 0 saturated heterocycles. The molecule has 0 amide bonds. The first-order valence-electron chi connectivity index (χ1n) is 8.13. The summed E-state index contributed by atoms with van der Waals surface area (Å²) in [5.74, 6) is -5.30. The summed E-state index contributed by atoms with van der Waals surface area (Å²) in [5, 5.41) is 30.0. The Labute approximate surface area is 163 Å². The van der Waals surface area contributed by atoms with E-state index in [-0.39, 0.29) is 23.4 Å². The summed E-state index contributed by atoms with van der Waals surface area (Å²) in [7, 11) is 0. The third-order valence-corrected chi connectivity index (χ3v) is 4.09. The molecular weight excluding hydrogens is 390 g/mol. The van der Waals surface area contributed by atoms with Crippen molar-refractivity contribution in [1.29, 1.82) is 0 Å². The van der Waals surface area contributed by atoms with Crippen LogP contribution in [0.3, 0.4) is 0 Å². The summed E-state index contributed by atoms with van der Waals surface area (Å²) >= 11 is 0. The zero-order valence-electron chi connectivity index (χ0n) is 15.0. The van der Waals surface area contributed by atoms with Gasteiger partial charge in [0.25, 0.3) is 0 Å². The number of benzene rings is 1. The summed E-state index contributed by atoms with van der Waals surface area (Å²) < 4.78 is 26.6. The van der Waals surface area contributed by atoms with Crippen molar-refractivity contribution in [1.82, 2.24) is 9.78 Å². The highest BCUT2D eigenvalue weighted by Crippen LogP contribution is 2.31. The number of carboxylic acids is 3. The van der Waals surface area contributed by atoms with Gasteiger partial charge in [-0.25, -0.2) is 23.1 Å². The van der Waals surface area contributed by atoms with Crippen LogP contribution in [0.1, 0.15) is 23.8 Å². The molecule has 1 aliphatic carbocycles. The highest BCUT2D eigenvalue weighted by Gasteiger charge is 2.34. The second-order valence-corrected chi connectivity index (χ2v) is 6.29. The number of aliphatic carboxylic acids is 2. The first kappa shape index (κ1) is 21.5. The Morgan fingerprint density at radius 2 is 1.76 bits per heavy atom. The molecule has 0 spiro atoms. The maximum Gasteiger partial charge on any atom is 0.354 e. The molecule has 1 aromatic carbocycles. The van der Waals surface area contributed by atoms with Crippen LogP contribution in [-0.2, 0) is 9.59 Å². The van der Waals surface area contributed by atoms with Crippen LogP contribution in [0.4, 0.5) is 8.78 Å². The Bertz CT molecular complexity index is 1030. The van der Waals surface area contributed by atoms with Crippen LogP contribution in [0.5, 0.6) is 0 Å². The lowest BCUT2D eigenvalue weighted by Gasteiger charge is -2.23. The molecule has 0 bridgehead atoms. The van der Waals surface area contributed by atoms with Crippen LogP contribution >= 0.6 is 0 Å². The van der Waals surface area contributed by atoms with Gasteiger partial charge >= 0.3 is 17.9 Å². The molecule has 10 heteroatoms. The van der Waals surface area contributed by atoms with Crippen molar-refractivity contribution >= 4 is 17.9 Å². The minimum atomic E-state index is -1.19. The van der Waals surface area contributed by atoms with Gasteiger partial charge < -0.3 is 15.3 Å². The fraction of sp³-hybridized carbons (Fsp3) is 0.158. The van der Waals surface area contributed by atoms with E-state index in [1.807, 2.05) is 0 Å². The maximum absolute atomic E-state index is 12.9. The molecule has 8 nitrogen and oxygen atoms in total. The van der Waals surface area contributed by atoms with Gasteiger partial charge in [0.05, 0.1) is 17.3 Å². The molecule has 0 saturated carbocycles. The van der Waals surface area contributed by atoms with E-state index in [0.717, 1.165) is 16.8 Å². The molecule has 3 rings (SSSR count). The van der Waals surface area contributed by atoms with Crippen molar-refractivity contribution in [3.63, 3.8) is 0 Å². The molecular formula is C19H16F2N2O6. The zero-order valence-corrected chi connectivity index (χ0v) is 15.0. The summed E-state index contributed by atoms with van der Waals surface area (Å²) in [6, 6.07) is 4.31. The van der Waals surface area contributed by atoms with Crippen LogP contribution in [0.15, 0.2) is 54.3 Å². The van der Waals surface area contributed by atoms with Crippen LogP contribution in [0, 0.1) is 17.0 Å². The SMILES string of the molecule is CC1(C(=O)O)C=CC=C(C(=O)O)C1.O=C(O)c1ccnn1-c1ccc(F)c(F)c1. The fourth-order valence-electron chi connectivity index (χ4n) is 2.47. The quantitative estimate of drug-likeness (QED) is 0.712. The molecule has 1 unspecified atom stereocenters. The van der Waals surface area contributed by atoms with Crippen molar-refractivity contribution in [2.45, 2.75) is 13.3 Å². The normalized spacial score (nSPS) is 17.7. The van der Waals surface area contributed by atoms with E-state index < -0.39 is 35.0 Å². The Balaban J connectivity index is 0.000000212. The highest BCUT2D eigenvalue weighted by atomic mass is 19.2. The van der Waals surface area contributed by atoms with E-state index >= 15 is 0 Å². The minimum Gasteiger partial charge on any atom is -0.481 e. The number of hydrogen-bond donors (Lipinski definition) is 3. The van der Waals surface area contributed by atoms with Crippen molar-refractivity contribution in [2.24, 2.45) is 5.41 Å². The second-order valence-electron chi connectivity index (χ2n) is 6.29. The standard InChI is InChI=1S/C10H6F2N2O2.C9H10O4/c11-7-2-1-6(5-8(7)12)14-9(10(15)16)3-4-13-14;1-9(8(12)13)4-2-3-6(5-9)7(10)11/h1-5H,(H,15,16);2-4H,5H2,1H3,(H,10,11)(H,12,13). The van der Waals surface area contributed by atoms with E-state index in [9.17, 15) is 23.2 Å². The zero-order chi connectivity index (χ0) is 21.8. The van der Waals surface area contributed by atoms with Gasteiger partial charge in [-0.3, -0.25) is 4.79 Å². The number of aromatic nitrogens is 2. The molecule has 1 aromatic heterocycles.